The van der Waals surface area contributed by atoms with Crippen LogP contribution in [-0.4, -0.2) is 21.6 Å². The van der Waals surface area contributed by atoms with Gasteiger partial charge in [-0.25, -0.2) is 4.98 Å². The average molecular weight is 387 g/mol. The number of fused-ring (bicyclic) bond motifs is 3. The molecule has 0 amide bonds. The number of nitrogens with zero attached hydrogens (tertiary/aromatic N) is 3. The summed E-state index contributed by atoms with van der Waals surface area (Å²) in [6.07, 6.45) is 0. The number of benzene rings is 2. The van der Waals surface area contributed by atoms with Crippen LogP contribution in [0.3, 0.4) is 0 Å². The van der Waals surface area contributed by atoms with Crippen LogP contribution in [0.4, 0.5) is 5.95 Å². The van der Waals surface area contributed by atoms with E-state index in [-0.39, 0.29) is 5.95 Å². The molecule has 0 aliphatic rings. The Balaban J connectivity index is 2.00. The van der Waals surface area contributed by atoms with Crippen LogP contribution in [0, 0.1) is 0 Å². The lowest BCUT2D eigenvalue weighted by atomic mass is 10.1. The van der Waals surface area contributed by atoms with Gasteiger partial charge in [0.05, 0.1) is 19.2 Å². The van der Waals surface area contributed by atoms with Crippen LogP contribution in [0.1, 0.15) is 11.1 Å². The quantitative estimate of drug-likeness (QED) is 0.410. The van der Waals surface area contributed by atoms with Gasteiger partial charge in [0, 0.05) is 16.8 Å². The van der Waals surface area contributed by atoms with Gasteiger partial charge < -0.3 is 15.0 Å². The van der Waals surface area contributed by atoms with Gasteiger partial charge >= 0.3 is 0 Å². The summed E-state index contributed by atoms with van der Waals surface area (Å²) < 4.78 is 7.61. The number of halogens is 2. The first-order chi connectivity index (χ1) is 12.6. The number of nitrogens with two attached hydrogens (primary N) is 1. The molecule has 2 aromatic carbocycles. The van der Waals surface area contributed by atoms with Crippen molar-refractivity contribution in [2.75, 3.05) is 12.8 Å². The first-order valence-electron chi connectivity index (χ1n) is 8.04. The first kappa shape index (κ1) is 16.9. The van der Waals surface area contributed by atoms with Gasteiger partial charge in [-0.1, -0.05) is 35.9 Å². The Morgan fingerprint density at radius 1 is 1.15 bits per heavy atom. The number of nitrogen functional groups attached to an aromatic ring is 1. The molecule has 0 aliphatic carbocycles. The van der Waals surface area contributed by atoms with Gasteiger partial charge in [0.25, 0.3) is 0 Å². The van der Waals surface area contributed by atoms with Crippen LogP contribution in [0.15, 0.2) is 42.5 Å². The molecule has 7 heteroatoms. The Morgan fingerprint density at radius 2 is 1.96 bits per heavy atom. The third-order valence-corrected chi connectivity index (χ3v) is 4.98. The van der Waals surface area contributed by atoms with Gasteiger partial charge in [0.15, 0.2) is 5.15 Å². The Morgan fingerprint density at radius 3 is 2.73 bits per heavy atom. The normalized spacial score (nSPS) is 11.3. The number of hydrogen-bond donors (Lipinski definition) is 1. The fourth-order valence-electron chi connectivity index (χ4n) is 3.27. The van der Waals surface area contributed by atoms with E-state index < -0.39 is 0 Å². The van der Waals surface area contributed by atoms with E-state index in [9.17, 15) is 0 Å². The lowest BCUT2D eigenvalue weighted by Gasteiger charge is -2.13. The Kier molecular flexibility index (Phi) is 4.34. The van der Waals surface area contributed by atoms with Gasteiger partial charge in [-0.15, -0.1) is 11.6 Å². The Labute approximate surface area is 160 Å². The molecule has 0 bridgehead atoms. The number of alkyl halides is 1. The molecule has 0 radical (unpaired) electrons. The van der Waals surface area contributed by atoms with E-state index in [4.69, 9.17) is 33.7 Å². The summed E-state index contributed by atoms with van der Waals surface area (Å²) in [6, 6.07) is 13.9. The van der Waals surface area contributed by atoms with Crippen molar-refractivity contribution in [3.8, 4) is 5.75 Å². The lowest BCUT2D eigenvalue weighted by molar-refractivity contribution is 0.408. The summed E-state index contributed by atoms with van der Waals surface area (Å²) in [5.74, 6) is 1.38. The molecular formula is C19H16Cl2N4O. The SMILES string of the molecule is COc1ccc(CCl)cc1Cn1c2ccccc2c2nc(N)nc(Cl)c21. The second-order valence-corrected chi connectivity index (χ2v) is 6.58. The molecule has 0 saturated heterocycles. The van der Waals surface area contributed by atoms with E-state index >= 15 is 0 Å². The van der Waals surface area contributed by atoms with Crippen molar-refractivity contribution in [2.45, 2.75) is 12.4 Å². The van der Waals surface area contributed by atoms with Crippen LogP contribution in [0.2, 0.25) is 5.15 Å². The van der Waals surface area contributed by atoms with Crippen molar-refractivity contribution in [1.82, 2.24) is 14.5 Å². The van der Waals surface area contributed by atoms with E-state index in [1.54, 1.807) is 7.11 Å². The van der Waals surface area contributed by atoms with E-state index in [2.05, 4.69) is 14.5 Å². The van der Waals surface area contributed by atoms with Crippen molar-refractivity contribution >= 4 is 51.1 Å². The zero-order chi connectivity index (χ0) is 18.3. The van der Waals surface area contributed by atoms with E-state index in [0.29, 0.717) is 17.6 Å². The maximum Gasteiger partial charge on any atom is 0.222 e. The number of hydrogen-bond acceptors (Lipinski definition) is 4. The van der Waals surface area contributed by atoms with E-state index in [1.807, 2.05) is 42.5 Å². The van der Waals surface area contributed by atoms with Gasteiger partial charge in [-0.05, 0) is 23.8 Å². The van der Waals surface area contributed by atoms with Gasteiger partial charge in [0.1, 0.15) is 16.8 Å². The summed E-state index contributed by atoms with van der Waals surface area (Å²) in [4.78, 5) is 8.55. The number of rotatable bonds is 4. The molecule has 26 heavy (non-hydrogen) atoms. The molecule has 0 fully saturated rings. The van der Waals surface area contributed by atoms with Crippen LogP contribution in [0.5, 0.6) is 5.75 Å². The molecule has 0 spiro atoms. The zero-order valence-electron chi connectivity index (χ0n) is 14.0. The number of anilines is 1. The molecule has 2 heterocycles. The van der Waals surface area contributed by atoms with Crippen LogP contribution in [-0.2, 0) is 12.4 Å². The molecule has 132 valence electrons. The minimum atomic E-state index is 0.159. The summed E-state index contributed by atoms with van der Waals surface area (Å²) in [5, 5.41) is 1.31. The highest BCUT2D eigenvalue weighted by molar-refractivity contribution is 6.35. The second-order valence-electron chi connectivity index (χ2n) is 5.95. The molecule has 2 aromatic heterocycles. The summed E-state index contributed by atoms with van der Waals surface area (Å²) >= 11 is 12.4. The highest BCUT2D eigenvalue weighted by Gasteiger charge is 2.18. The molecule has 0 atom stereocenters. The van der Waals surface area contributed by atoms with Crippen LogP contribution >= 0.6 is 23.2 Å². The number of methoxy groups -OCH3 is 1. The van der Waals surface area contributed by atoms with Gasteiger partial charge in [0.2, 0.25) is 5.95 Å². The monoisotopic (exact) mass is 386 g/mol. The van der Waals surface area contributed by atoms with Crippen LogP contribution in [0.25, 0.3) is 21.9 Å². The molecule has 4 aromatic rings. The number of para-hydroxylation sites is 1. The maximum absolute atomic E-state index is 6.43. The van der Waals surface area contributed by atoms with E-state index in [1.165, 1.54) is 0 Å². The molecular weight excluding hydrogens is 371 g/mol. The fraction of sp³-hybridized carbons (Fsp3) is 0.158. The lowest BCUT2D eigenvalue weighted by Crippen LogP contribution is -2.04. The van der Waals surface area contributed by atoms with Crippen molar-refractivity contribution in [3.05, 3.63) is 58.7 Å². The predicted octanol–water partition coefficient (Wildman–Crippen LogP) is 4.62. The Hall–Kier alpha value is -2.50. The standard InChI is InChI=1S/C19H16Cl2N4O/c1-26-15-7-6-11(9-20)8-12(15)10-25-14-5-3-2-4-13(14)16-17(25)18(21)24-19(22)23-16/h2-8H,9-10H2,1H3,(H2,22,23,24). The third kappa shape index (κ3) is 2.73. The zero-order valence-corrected chi connectivity index (χ0v) is 15.6. The highest BCUT2D eigenvalue weighted by Crippen LogP contribution is 2.33. The van der Waals surface area contributed by atoms with Gasteiger partial charge in [-0.3, -0.25) is 0 Å². The molecule has 4 rings (SSSR count). The fourth-order valence-corrected chi connectivity index (χ4v) is 3.72. The minimum Gasteiger partial charge on any atom is -0.496 e. The average Bonchev–Trinajstić information content (AvgIpc) is 2.96. The van der Waals surface area contributed by atoms with E-state index in [0.717, 1.165) is 38.8 Å². The minimum absolute atomic E-state index is 0.159. The first-order valence-corrected chi connectivity index (χ1v) is 8.95. The smallest absolute Gasteiger partial charge is 0.222 e. The van der Waals surface area contributed by atoms with Crippen molar-refractivity contribution in [1.29, 1.82) is 0 Å². The molecule has 0 aliphatic heterocycles. The largest absolute Gasteiger partial charge is 0.496 e. The summed E-state index contributed by atoms with van der Waals surface area (Å²) in [6.45, 7) is 0.547. The van der Waals surface area contributed by atoms with Crippen molar-refractivity contribution < 1.29 is 4.74 Å². The van der Waals surface area contributed by atoms with Gasteiger partial charge in [-0.2, -0.15) is 4.98 Å². The molecule has 0 unspecified atom stereocenters. The highest BCUT2D eigenvalue weighted by atomic mass is 35.5. The van der Waals surface area contributed by atoms with Crippen molar-refractivity contribution in [3.63, 3.8) is 0 Å². The molecule has 0 saturated carbocycles. The topological polar surface area (TPSA) is 66.0 Å². The maximum atomic E-state index is 6.43. The van der Waals surface area contributed by atoms with Crippen LogP contribution < -0.4 is 10.5 Å². The predicted molar refractivity (Wildman–Crippen MR) is 106 cm³/mol. The van der Waals surface area contributed by atoms with Crippen molar-refractivity contribution in [2.24, 2.45) is 0 Å². The number of ether oxygens (including phenoxy) is 1. The Bertz CT molecular complexity index is 1120. The summed E-state index contributed by atoms with van der Waals surface area (Å²) in [7, 11) is 1.65. The molecule has 5 nitrogen and oxygen atoms in total. The third-order valence-electron chi connectivity index (χ3n) is 4.41. The molecule has 2 N–H and O–H groups in total. The second kappa shape index (κ2) is 6.67. The summed E-state index contributed by atoms with van der Waals surface area (Å²) in [5.41, 5.74) is 10.3. The number of aromatic nitrogens is 3.